The molecule has 0 spiro atoms. The fourth-order valence-electron chi connectivity index (χ4n) is 3.51. The lowest BCUT2D eigenvalue weighted by Crippen LogP contribution is -2.52. The third kappa shape index (κ3) is 3.10. The Labute approximate surface area is 135 Å². The molecule has 2 unspecified atom stereocenters. The number of ether oxygens (including phenoxy) is 2. The summed E-state index contributed by atoms with van der Waals surface area (Å²) in [4.78, 5) is 17.8. The summed E-state index contributed by atoms with van der Waals surface area (Å²) in [6, 6.07) is 5.30. The van der Waals surface area contributed by atoms with Crippen molar-refractivity contribution < 1.29 is 19.4 Å². The third-order valence-corrected chi connectivity index (χ3v) is 4.51. The van der Waals surface area contributed by atoms with Gasteiger partial charge in [0.1, 0.15) is 11.3 Å². The minimum atomic E-state index is -1.10. The van der Waals surface area contributed by atoms with Crippen molar-refractivity contribution in [2.45, 2.75) is 43.4 Å². The number of methoxy groups -OCH3 is 2. The number of piperidine rings is 1. The summed E-state index contributed by atoms with van der Waals surface area (Å²) in [5, 5.41) is 10.8. The first-order valence-corrected chi connectivity index (χ1v) is 7.67. The van der Waals surface area contributed by atoms with Crippen LogP contribution >= 0.6 is 0 Å². The number of aliphatic hydroxyl groups is 1. The first-order valence-electron chi connectivity index (χ1n) is 7.67. The van der Waals surface area contributed by atoms with Gasteiger partial charge in [-0.25, -0.2) is 9.78 Å². The lowest BCUT2D eigenvalue weighted by atomic mass is 9.86. The van der Waals surface area contributed by atoms with Gasteiger partial charge in [-0.1, -0.05) is 12.0 Å². The lowest BCUT2D eigenvalue weighted by Gasteiger charge is -2.40. The van der Waals surface area contributed by atoms with Gasteiger partial charge in [0, 0.05) is 31.0 Å². The van der Waals surface area contributed by atoms with E-state index in [2.05, 4.69) is 16.8 Å². The number of carbonyl (C=O) groups excluding carboxylic acids is 1. The molecule has 1 amide bonds. The van der Waals surface area contributed by atoms with Crippen LogP contribution in [0.1, 0.15) is 31.4 Å². The van der Waals surface area contributed by atoms with E-state index in [1.165, 1.54) is 7.11 Å². The summed E-state index contributed by atoms with van der Waals surface area (Å²) >= 11 is 0. The molecule has 1 aromatic heterocycles. The summed E-state index contributed by atoms with van der Waals surface area (Å²) in [6.07, 6.45) is 2.31. The van der Waals surface area contributed by atoms with Crippen molar-refractivity contribution in [1.82, 2.24) is 9.88 Å². The monoisotopic (exact) mass is 316 g/mol. The van der Waals surface area contributed by atoms with E-state index in [1.807, 2.05) is 6.07 Å². The van der Waals surface area contributed by atoms with Crippen molar-refractivity contribution in [3.8, 4) is 17.7 Å². The Kier molecular flexibility index (Phi) is 4.14. The summed E-state index contributed by atoms with van der Waals surface area (Å²) in [5.41, 5.74) is -0.540. The normalized spacial score (nSPS) is 28.7. The van der Waals surface area contributed by atoms with Crippen LogP contribution in [-0.2, 0) is 4.74 Å². The summed E-state index contributed by atoms with van der Waals surface area (Å²) in [6.45, 7) is 0. The van der Waals surface area contributed by atoms with Crippen LogP contribution in [0.5, 0.6) is 5.88 Å². The number of rotatable bonds is 1. The van der Waals surface area contributed by atoms with Gasteiger partial charge in [-0.15, -0.1) is 0 Å². The van der Waals surface area contributed by atoms with Crippen molar-refractivity contribution in [3.63, 3.8) is 0 Å². The third-order valence-electron chi connectivity index (χ3n) is 4.51. The SMILES string of the molecule is COC(=O)N1C2CCC1CC(O)(C#Cc1cccc(OC)n1)C2. The number of hydrogen-bond acceptors (Lipinski definition) is 5. The van der Waals surface area contributed by atoms with Crippen molar-refractivity contribution in [1.29, 1.82) is 0 Å². The molecule has 1 N–H and O–H groups in total. The second-order valence-corrected chi connectivity index (χ2v) is 6.02. The average molecular weight is 316 g/mol. The van der Waals surface area contributed by atoms with Crippen LogP contribution in [0.4, 0.5) is 4.79 Å². The number of pyridine rings is 1. The van der Waals surface area contributed by atoms with Crippen molar-refractivity contribution >= 4 is 6.09 Å². The van der Waals surface area contributed by atoms with Crippen molar-refractivity contribution in [2.24, 2.45) is 0 Å². The maximum atomic E-state index is 11.9. The Morgan fingerprint density at radius 2 is 2.04 bits per heavy atom. The highest BCUT2D eigenvalue weighted by Crippen LogP contribution is 2.40. The molecule has 6 heteroatoms. The lowest BCUT2D eigenvalue weighted by molar-refractivity contribution is -0.00731. The summed E-state index contributed by atoms with van der Waals surface area (Å²) in [5.74, 6) is 6.37. The van der Waals surface area contributed by atoms with E-state index in [0.29, 0.717) is 24.4 Å². The number of aromatic nitrogens is 1. The fraction of sp³-hybridized carbons (Fsp3) is 0.529. The topological polar surface area (TPSA) is 71.9 Å². The number of fused-ring (bicyclic) bond motifs is 2. The van der Waals surface area contributed by atoms with E-state index < -0.39 is 5.60 Å². The molecule has 0 saturated carbocycles. The molecule has 1 aromatic rings. The van der Waals surface area contributed by atoms with Gasteiger partial charge < -0.3 is 19.5 Å². The molecular formula is C17H20N2O4. The molecule has 2 fully saturated rings. The molecule has 2 aliphatic rings. The Hall–Kier alpha value is -2.26. The molecule has 0 aromatic carbocycles. The van der Waals surface area contributed by atoms with Crippen LogP contribution in [0.15, 0.2) is 18.2 Å². The highest BCUT2D eigenvalue weighted by atomic mass is 16.5. The maximum Gasteiger partial charge on any atom is 0.409 e. The standard InChI is InChI=1S/C17H20N2O4/c1-22-15-5-3-4-12(18-15)8-9-17(21)10-13-6-7-14(11-17)19(13)16(20)23-2/h3-5,13-14,21H,6-7,10-11H2,1-2H3. The van der Waals surface area contributed by atoms with Crippen LogP contribution < -0.4 is 4.74 Å². The zero-order valence-corrected chi connectivity index (χ0v) is 13.3. The molecule has 6 nitrogen and oxygen atoms in total. The minimum absolute atomic E-state index is 0.0150. The minimum Gasteiger partial charge on any atom is -0.481 e. The molecule has 23 heavy (non-hydrogen) atoms. The van der Waals surface area contributed by atoms with Gasteiger partial charge in [0.25, 0.3) is 0 Å². The molecule has 2 atom stereocenters. The maximum absolute atomic E-state index is 11.9. The zero-order chi connectivity index (χ0) is 16.4. The molecule has 0 radical (unpaired) electrons. The van der Waals surface area contributed by atoms with Crippen molar-refractivity contribution in [3.05, 3.63) is 23.9 Å². The zero-order valence-electron chi connectivity index (χ0n) is 13.3. The fourth-order valence-corrected chi connectivity index (χ4v) is 3.51. The van der Waals surface area contributed by atoms with Crippen LogP contribution in [-0.4, -0.2) is 53.0 Å². The van der Waals surface area contributed by atoms with Gasteiger partial charge in [0.2, 0.25) is 5.88 Å². The quantitative estimate of drug-likeness (QED) is 0.796. The molecule has 2 saturated heterocycles. The van der Waals surface area contributed by atoms with Gasteiger partial charge in [-0.05, 0) is 24.8 Å². The number of hydrogen-bond donors (Lipinski definition) is 1. The highest BCUT2D eigenvalue weighted by molar-refractivity contribution is 5.69. The number of nitrogens with zero attached hydrogens (tertiary/aromatic N) is 2. The van der Waals surface area contributed by atoms with E-state index >= 15 is 0 Å². The van der Waals surface area contributed by atoms with Crippen molar-refractivity contribution in [2.75, 3.05) is 14.2 Å². The molecule has 2 bridgehead atoms. The first kappa shape index (κ1) is 15.6. The van der Waals surface area contributed by atoms with Gasteiger partial charge in [0.15, 0.2) is 0 Å². The molecular weight excluding hydrogens is 296 g/mol. The van der Waals surface area contributed by atoms with E-state index in [-0.39, 0.29) is 18.2 Å². The van der Waals surface area contributed by atoms with E-state index in [4.69, 9.17) is 9.47 Å². The molecule has 3 rings (SSSR count). The van der Waals surface area contributed by atoms with E-state index in [0.717, 1.165) is 12.8 Å². The summed E-state index contributed by atoms with van der Waals surface area (Å²) < 4.78 is 9.91. The Morgan fingerprint density at radius 3 is 2.65 bits per heavy atom. The van der Waals surface area contributed by atoms with Crippen LogP contribution in [0.2, 0.25) is 0 Å². The molecule has 2 aliphatic heterocycles. The van der Waals surface area contributed by atoms with Gasteiger partial charge in [-0.3, -0.25) is 0 Å². The predicted octanol–water partition coefficient (Wildman–Crippen LogP) is 1.57. The Balaban J connectivity index is 1.77. The van der Waals surface area contributed by atoms with Gasteiger partial charge >= 0.3 is 6.09 Å². The highest BCUT2D eigenvalue weighted by Gasteiger charge is 2.49. The van der Waals surface area contributed by atoms with Crippen LogP contribution in [0.25, 0.3) is 0 Å². The molecule has 122 valence electrons. The van der Waals surface area contributed by atoms with Gasteiger partial charge in [-0.2, -0.15) is 0 Å². The van der Waals surface area contributed by atoms with E-state index in [9.17, 15) is 9.90 Å². The number of amides is 1. The van der Waals surface area contributed by atoms with E-state index in [1.54, 1.807) is 24.1 Å². The Morgan fingerprint density at radius 1 is 1.35 bits per heavy atom. The second-order valence-electron chi connectivity index (χ2n) is 6.02. The molecule has 0 aliphatic carbocycles. The van der Waals surface area contributed by atoms with Crippen LogP contribution in [0, 0.1) is 11.8 Å². The van der Waals surface area contributed by atoms with Crippen LogP contribution in [0.3, 0.4) is 0 Å². The number of carbonyl (C=O) groups is 1. The predicted molar refractivity (Wildman–Crippen MR) is 82.9 cm³/mol. The smallest absolute Gasteiger partial charge is 0.409 e. The van der Waals surface area contributed by atoms with Gasteiger partial charge in [0.05, 0.1) is 14.2 Å². The second kappa shape index (κ2) is 6.09. The largest absolute Gasteiger partial charge is 0.481 e. The average Bonchev–Trinajstić information content (AvgIpc) is 2.85. The Bertz CT molecular complexity index is 650. The first-order chi connectivity index (χ1) is 11.0. The summed E-state index contributed by atoms with van der Waals surface area (Å²) in [7, 11) is 2.93. The molecule has 3 heterocycles.